The number of nitrogens with zero attached hydrogens (tertiary/aromatic N) is 3. The molecular weight excluding hydrogens is 204 g/mol. The highest BCUT2D eigenvalue weighted by molar-refractivity contribution is 5.43. The second-order valence-electron chi connectivity index (χ2n) is 3.40. The summed E-state index contributed by atoms with van der Waals surface area (Å²) >= 11 is 0. The summed E-state index contributed by atoms with van der Waals surface area (Å²) in [7, 11) is 0. The summed E-state index contributed by atoms with van der Waals surface area (Å²) in [5.41, 5.74) is 0. The monoisotopic (exact) mass is 214 g/mol. The molecule has 16 heavy (non-hydrogen) atoms. The van der Waals surface area contributed by atoms with Crippen molar-refractivity contribution >= 4 is 0 Å². The number of aromatic nitrogens is 4. The van der Waals surface area contributed by atoms with E-state index in [4.69, 9.17) is 4.42 Å². The van der Waals surface area contributed by atoms with E-state index < -0.39 is 0 Å². The third kappa shape index (κ3) is 1.52. The van der Waals surface area contributed by atoms with Crippen molar-refractivity contribution in [3.8, 4) is 11.6 Å². The molecule has 1 N–H and O–H groups in total. The molecule has 0 aliphatic heterocycles. The van der Waals surface area contributed by atoms with Crippen LogP contribution in [0.3, 0.4) is 0 Å². The Kier molecular flexibility index (Phi) is 2.07. The van der Waals surface area contributed by atoms with Crippen molar-refractivity contribution in [2.45, 2.75) is 6.54 Å². The highest BCUT2D eigenvalue weighted by Crippen LogP contribution is 2.14. The summed E-state index contributed by atoms with van der Waals surface area (Å²) in [5.74, 6) is 2.46. The van der Waals surface area contributed by atoms with Gasteiger partial charge in [-0.05, 0) is 12.1 Å². The third-order valence-electron chi connectivity index (χ3n) is 2.33. The van der Waals surface area contributed by atoms with Crippen molar-refractivity contribution in [2.75, 3.05) is 0 Å². The fourth-order valence-electron chi connectivity index (χ4n) is 1.61. The van der Waals surface area contributed by atoms with Gasteiger partial charge >= 0.3 is 0 Å². The summed E-state index contributed by atoms with van der Waals surface area (Å²) in [6.07, 6.45) is 8.81. The molecule has 0 aliphatic carbocycles. The number of imidazole rings is 2. The molecule has 3 rings (SSSR count). The molecule has 0 bridgehead atoms. The molecule has 0 aromatic carbocycles. The maximum absolute atomic E-state index is 5.30. The minimum Gasteiger partial charge on any atom is -0.467 e. The zero-order chi connectivity index (χ0) is 10.8. The SMILES string of the molecule is c1coc(Cn2ccnc2-c2ncc[nH]2)c1. The van der Waals surface area contributed by atoms with Gasteiger partial charge < -0.3 is 14.0 Å². The van der Waals surface area contributed by atoms with Gasteiger partial charge in [0.15, 0.2) is 11.6 Å². The topological polar surface area (TPSA) is 59.6 Å². The molecule has 5 nitrogen and oxygen atoms in total. The largest absolute Gasteiger partial charge is 0.467 e. The Morgan fingerprint density at radius 2 is 2.31 bits per heavy atom. The van der Waals surface area contributed by atoms with Crippen molar-refractivity contribution in [2.24, 2.45) is 0 Å². The van der Waals surface area contributed by atoms with Gasteiger partial charge in [0.2, 0.25) is 0 Å². The first-order chi connectivity index (χ1) is 7.93. The molecule has 0 fully saturated rings. The van der Waals surface area contributed by atoms with Crippen LogP contribution in [0.2, 0.25) is 0 Å². The van der Waals surface area contributed by atoms with E-state index in [-0.39, 0.29) is 0 Å². The van der Waals surface area contributed by atoms with Crippen LogP contribution in [-0.2, 0) is 6.54 Å². The van der Waals surface area contributed by atoms with E-state index in [0.29, 0.717) is 6.54 Å². The lowest BCUT2D eigenvalue weighted by Crippen LogP contribution is -2.00. The first-order valence-corrected chi connectivity index (χ1v) is 4.97. The predicted molar refractivity (Wildman–Crippen MR) is 57.6 cm³/mol. The fourth-order valence-corrected chi connectivity index (χ4v) is 1.61. The third-order valence-corrected chi connectivity index (χ3v) is 2.33. The standard InChI is InChI=1S/C11H10N4O/c1-2-9(16-7-1)8-15-6-5-14-11(15)10-12-3-4-13-10/h1-7H,8H2,(H,12,13). The highest BCUT2D eigenvalue weighted by Gasteiger charge is 2.08. The van der Waals surface area contributed by atoms with E-state index in [1.807, 2.05) is 22.9 Å². The maximum Gasteiger partial charge on any atom is 0.176 e. The average Bonchev–Trinajstić information content (AvgIpc) is 2.98. The van der Waals surface area contributed by atoms with Crippen LogP contribution in [0.25, 0.3) is 11.6 Å². The normalized spacial score (nSPS) is 10.8. The Bertz CT molecular complexity index is 551. The summed E-state index contributed by atoms with van der Waals surface area (Å²) in [6, 6.07) is 3.81. The van der Waals surface area contributed by atoms with Crippen LogP contribution in [0, 0.1) is 0 Å². The minimum atomic E-state index is 0.656. The Balaban J connectivity index is 1.94. The van der Waals surface area contributed by atoms with E-state index in [1.54, 1.807) is 24.9 Å². The second kappa shape index (κ2) is 3.69. The molecule has 80 valence electrons. The van der Waals surface area contributed by atoms with Gasteiger partial charge in [-0.2, -0.15) is 0 Å². The molecule has 0 amide bonds. The quantitative estimate of drug-likeness (QED) is 0.724. The molecule has 0 radical (unpaired) electrons. The van der Waals surface area contributed by atoms with Crippen LogP contribution in [0.15, 0.2) is 47.6 Å². The molecule has 0 spiro atoms. The van der Waals surface area contributed by atoms with Gasteiger partial charge in [-0.3, -0.25) is 0 Å². The van der Waals surface area contributed by atoms with Crippen molar-refractivity contribution in [3.05, 3.63) is 48.9 Å². The van der Waals surface area contributed by atoms with Crippen LogP contribution < -0.4 is 0 Å². The molecule has 3 aromatic heterocycles. The number of hydrogen-bond donors (Lipinski definition) is 1. The average molecular weight is 214 g/mol. The van der Waals surface area contributed by atoms with Crippen LogP contribution in [-0.4, -0.2) is 19.5 Å². The maximum atomic E-state index is 5.30. The zero-order valence-electron chi connectivity index (χ0n) is 8.50. The van der Waals surface area contributed by atoms with Gasteiger partial charge in [-0.1, -0.05) is 0 Å². The summed E-state index contributed by atoms with van der Waals surface area (Å²) < 4.78 is 7.28. The molecule has 0 saturated heterocycles. The van der Waals surface area contributed by atoms with Crippen LogP contribution in [0.4, 0.5) is 0 Å². The lowest BCUT2D eigenvalue weighted by atomic mass is 10.4. The lowest BCUT2D eigenvalue weighted by molar-refractivity contribution is 0.494. The summed E-state index contributed by atoms with van der Waals surface area (Å²) in [5, 5.41) is 0. The second-order valence-corrected chi connectivity index (χ2v) is 3.40. The predicted octanol–water partition coefficient (Wildman–Crippen LogP) is 1.91. The van der Waals surface area contributed by atoms with Crippen LogP contribution >= 0.6 is 0 Å². The molecule has 0 aliphatic rings. The van der Waals surface area contributed by atoms with Gasteiger partial charge in [0, 0.05) is 24.8 Å². The van der Waals surface area contributed by atoms with Gasteiger partial charge in [-0.25, -0.2) is 9.97 Å². The molecule has 0 saturated carbocycles. The van der Waals surface area contributed by atoms with Crippen molar-refractivity contribution < 1.29 is 4.42 Å². The zero-order valence-corrected chi connectivity index (χ0v) is 8.50. The van der Waals surface area contributed by atoms with Gasteiger partial charge in [0.25, 0.3) is 0 Å². The van der Waals surface area contributed by atoms with Crippen molar-refractivity contribution in [1.29, 1.82) is 0 Å². The van der Waals surface area contributed by atoms with Crippen LogP contribution in [0.5, 0.6) is 0 Å². The lowest BCUT2D eigenvalue weighted by Gasteiger charge is -2.03. The smallest absolute Gasteiger partial charge is 0.176 e. The fraction of sp³-hybridized carbons (Fsp3) is 0.0909. The molecular formula is C11H10N4O. The van der Waals surface area contributed by atoms with Crippen molar-refractivity contribution in [3.63, 3.8) is 0 Å². The summed E-state index contributed by atoms with van der Waals surface area (Å²) in [4.78, 5) is 11.5. The summed E-state index contributed by atoms with van der Waals surface area (Å²) in [6.45, 7) is 0.656. The number of nitrogens with one attached hydrogen (secondary N) is 1. The number of furan rings is 1. The Morgan fingerprint density at radius 3 is 3.06 bits per heavy atom. The van der Waals surface area contributed by atoms with E-state index in [1.165, 1.54) is 0 Å². The number of H-pyrrole nitrogens is 1. The van der Waals surface area contributed by atoms with E-state index >= 15 is 0 Å². The number of rotatable bonds is 3. The Labute approximate surface area is 91.8 Å². The van der Waals surface area contributed by atoms with E-state index in [9.17, 15) is 0 Å². The molecule has 3 aromatic rings. The Hall–Kier alpha value is -2.30. The van der Waals surface area contributed by atoms with Crippen molar-refractivity contribution in [1.82, 2.24) is 19.5 Å². The van der Waals surface area contributed by atoms with E-state index in [0.717, 1.165) is 17.4 Å². The Morgan fingerprint density at radius 1 is 1.31 bits per heavy atom. The molecule has 0 unspecified atom stereocenters. The first-order valence-electron chi connectivity index (χ1n) is 4.97. The number of hydrogen-bond acceptors (Lipinski definition) is 3. The van der Waals surface area contributed by atoms with Gasteiger partial charge in [0.05, 0.1) is 12.8 Å². The number of aromatic amines is 1. The first kappa shape index (κ1) is 8.96. The molecule has 0 atom stereocenters. The highest BCUT2D eigenvalue weighted by atomic mass is 16.3. The molecule has 5 heteroatoms. The van der Waals surface area contributed by atoms with Crippen LogP contribution in [0.1, 0.15) is 5.76 Å². The van der Waals surface area contributed by atoms with Gasteiger partial charge in [0.1, 0.15) is 5.76 Å². The van der Waals surface area contributed by atoms with E-state index in [2.05, 4.69) is 15.0 Å². The van der Waals surface area contributed by atoms with Gasteiger partial charge in [-0.15, -0.1) is 0 Å². The molecule has 3 heterocycles. The minimum absolute atomic E-state index is 0.656.